The zero-order chi connectivity index (χ0) is 19.6. The number of aromatic nitrogens is 2. The van der Waals surface area contributed by atoms with E-state index in [1.165, 1.54) is 10.8 Å². The van der Waals surface area contributed by atoms with Crippen LogP contribution in [0.2, 0.25) is 0 Å². The Kier molecular flexibility index (Phi) is 4.26. The first-order valence-corrected chi connectivity index (χ1v) is 9.50. The van der Waals surface area contributed by atoms with Crippen molar-refractivity contribution in [1.82, 2.24) is 9.97 Å². The lowest BCUT2D eigenvalue weighted by Gasteiger charge is -2.09. The third-order valence-electron chi connectivity index (χ3n) is 5.01. The van der Waals surface area contributed by atoms with Gasteiger partial charge in [0.1, 0.15) is 5.75 Å². The number of hydrogen-bond acceptors (Lipinski definition) is 3. The SMILES string of the molecule is Oc1ccccc1-c1cccc(-c2cccc(-c3cccc4ccccc34)n2)n1. The Labute approximate surface area is 169 Å². The number of hydrogen-bond donors (Lipinski definition) is 1. The fourth-order valence-corrected chi connectivity index (χ4v) is 3.59. The van der Waals surface area contributed by atoms with Gasteiger partial charge in [0.25, 0.3) is 0 Å². The number of aromatic hydroxyl groups is 1. The number of phenolic OH excluding ortho intramolecular Hbond substituents is 1. The predicted molar refractivity (Wildman–Crippen MR) is 118 cm³/mol. The lowest BCUT2D eigenvalue weighted by atomic mass is 10.0. The highest BCUT2D eigenvalue weighted by atomic mass is 16.3. The lowest BCUT2D eigenvalue weighted by Crippen LogP contribution is -1.92. The summed E-state index contributed by atoms with van der Waals surface area (Å²) in [6.45, 7) is 0. The molecule has 29 heavy (non-hydrogen) atoms. The molecule has 138 valence electrons. The molecule has 2 heterocycles. The monoisotopic (exact) mass is 374 g/mol. The molecule has 0 saturated heterocycles. The Hall–Kier alpha value is -3.98. The third-order valence-corrected chi connectivity index (χ3v) is 5.01. The topological polar surface area (TPSA) is 46.0 Å². The van der Waals surface area contributed by atoms with Crippen LogP contribution in [0.1, 0.15) is 0 Å². The van der Waals surface area contributed by atoms with Gasteiger partial charge >= 0.3 is 0 Å². The van der Waals surface area contributed by atoms with Crippen LogP contribution in [0, 0.1) is 0 Å². The van der Waals surface area contributed by atoms with E-state index in [0.29, 0.717) is 5.56 Å². The van der Waals surface area contributed by atoms with Crippen LogP contribution in [-0.2, 0) is 0 Å². The van der Waals surface area contributed by atoms with Gasteiger partial charge in [-0.2, -0.15) is 0 Å². The van der Waals surface area contributed by atoms with Crippen LogP contribution < -0.4 is 0 Å². The van der Waals surface area contributed by atoms with Gasteiger partial charge in [0, 0.05) is 11.1 Å². The molecule has 0 aliphatic heterocycles. The molecule has 3 heteroatoms. The average molecular weight is 374 g/mol. The predicted octanol–water partition coefficient (Wildman–Crippen LogP) is 6.34. The standard InChI is InChI=1S/C26H18N2O/c29-26-17-4-3-11-21(26)23-14-7-16-25(28-23)24-15-6-13-22(27-24)20-12-5-9-18-8-1-2-10-19(18)20/h1-17,29H. The highest BCUT2D eigenvalue weighted by Crippen LogP contribution is 2.31. The largest absolute Gasteiger partial charge is 0.507 e. The Balaban J connectivity index is 1.61. The fourth-order valence-electron chi connectivity index (χ4n) is 3.59. The van der Waals surface area contributed by atoms with Gasteiger partial charge in [0.2, 0.25) is 0 Å². The maximum absolute atomic E-state index is 10.2. The van der Waals surface area contributed by atoms with Crippen LogP contribution in [-0.4, -0.2) is 15.1 Å². The van der Waals surface area contributed by atoms with Crippen molar-refractivity contribution in [2.24, 2.45) is 0 Å². The Morgan fingerprint density at radius 1 is 0.448 bits per heavy atom. The van der Waals surface area contributed by atoms with Crippen molar-refractivity contribution in [2.75, 3.05) is 0 Å². The second kappa shape index (κ2) is 7.21. The second-order valence-corrected chi connectivity index (χ2v) is 6.86. The van der Waals surface area contributed by atoms with Gasteiger partial charge in [0.15, 0.2) is 0 Å². The van der Waals surface area contributed by atoms with E-state index in [1.807, 2.05) is 60.7 Å². The fraction of sp³-hybridized carbons (Fsp3) is 0. The minimum absolute atomic E-state index is 0.217. The molecular weight excluding hydrogens is 356 g/mol. The molecule has 3 nitrogen and oxygen atoms in total. The first-order chi connectivity index (χ1) is 14.3. The van der Waals surface area contributed by atoms with Crippen molar-refractivity contribution in [2.45, 2.75) is 0 Å². The average Bonchev–Trinajstić information content (AvgIpc) is 2.79. The lowest BCUT2D eigenvalue weighted by molar-refractivity contribution is 0.477. The summed E-state index contributed by atoms with van der Waals surface area (Å²) < 4.78 is 0. The van der Waals surface area contributed by atoms with E-state index in [1.54, 1.807) is 12.1 Å². The summed E-state index contributed by atoms with van der Waals surface area (Å²) >= 11 is 0. The smallest absolute Gasteiger partial charge is 0.124 e. The normalized spacial score (nSPS) is 10.9. The van der Waals surface area contributed by atoms with Gasteiger partial charge in [-0.1, -0.05) is 66.7 Å². The van der Waals surface area contributed by atoms with Crippen LogP contribution in [0.5, 0.6) is 5.75 Å². The van der Waals surface area contributed by atoms with E-state index >= 15 is 0 Å². The summed E-state index contributed by atoms with van der Waals surface area (Å²) in [6.07, 6.45) is 0. The van der Waals surface area contributed by atoms with Crippen molar-refractivity contribution in [1.29, 1.82) is 0 Å². The first-order valence-electron chi connectivity index (χ1n) is 9.50. The van der Waals surface area contributed by atoms with Crippen molar-refractivity contribution in [3.05, 3.63) is 103 Å². The zero-order valence-electron chi connectivity index (χ0n) is 15.7. The molecule has 0 atom stereocenters. The van der Waals surface area contributed by atoms with Crippen molar-refractivity contribution >= 4 is 10.8 Å². The number of pyridine rings is 2. The number of phenols is 1. The molecule has 5 aromatic rings. The van der Waals surface area contributed by atoms with Gasteiger partial charge in [0.05, 0.1) is 22.8 Å². The summed E-state index contributed by atoms with van der Waals surface area (Å²) in [4.78, 5) is 9.64. The molecule has 3 aromatic carbocycles. The molecule has 0 amide bonds. The van der Waals surface area contributed by atoms with E-state index in [-0.39, 0.29) is 5.75 Å². The number of fused-ring (bicyclic) bond motifs is 1. The first kappa shape index (κ1) is 17.1. The molecule has 0 radical (unpaired) electrons. The minimum atomic E-state index is 0.217. The Morgan fingerprint density at radius 2 is 0.966 bits per heavy atom. The van der Waals surface area contributed by atoms with Crippen LogP contribution >= 0.6 is 0 Å². The molecule has 1 N–H and O–H groups in total. The highest BCUT2D eigenvalue weighted by Gasteiger charge is 2.10. The summed E-state index contributed by atoms with van der Waals surface area (Å²) in [5.41, 5.74) is 5.01. The summed E-state index contributed by atoms with van der Waals surface area (Å²) in [7, 11) is 0. The van der Waals surface area contributed by atoms with E-state index < -0.39 is 0 Å². The van der Waals surface area contributed by atoms with Gasteiger partial charge in [-0.3, -0.25) is 0 Å². The van der Waals surface area contributed by atoms with Gasteiger partial charge < -0.3 is 5.11 Å². The van der Waals surface area contributed by atoms with Crippen LogP contribution in [0.15, 0.2) is 103 Å². The summed E-state index contributed by atoms with van der Waals surface area (Å²) in [6, 6.07) is 33.6. The third kappa shape index (κ3) is 3.23. The molecule has 0 fully saturated rings. The highest BCUT2D eigenvalue weighted by molar-refractivity contribution is 5.95. The molecule has 0 unspecified atom stereocenters. The molecule has 0 spiro atoms. The number of rotatable bonds is 3. The summed E-state index contributed by atoms with van der Waals surface area (Å²) in [5.74, 6) is 0.217. The molecule has 2 aromatic heterocycles. The summed E-state index contributed by atoms with van der Waals surface area (Å²) in [5, 5.41) is 12.5. The van der Waals surface area contributed by atoms with Crippen LogP contribution in [0.4, 0.5) is 0 Å². The minimum Gasteiger partial charge on any atom is -0.507 e. The maximum atomic E-state index is 10.2. The zero-order valence-corrected chi connectivity index (χ0v) is 15.7. The molecule has 0 bridgehead atoms. The Morgan fingerprint density at radius 3 is 1.72 bits per heavy atom. The quantitative estimate of drug-likeness (QED) is 0.401. The number of benzene rings is 3. The van der Waals surface area contributed by atoms with Crippen molar-refractivity contribution in [3.8, 4) is 39.7 Å². The molecule has 5 rings (SSSR count). The van der Waals surface area contributed by atoms with Crippen molar-refractivity contribution < 1.29 is 5.11 Å². The molecule has 0 aliphatic rings. The number of nitrogens with zero attached hydrogens (tertiary/aromatic N) is 2. The van der Waals surface area contributed by atoms with E-state index in [4.69, 9.17) is 9.97 Å². The molecule has 0 aliphatic carbocycles. The Bertz CT molecular complexity index is 1320. The van der Waals surface area contributed by atoms with Crippen LogP contribution in [0.3, 0.4) is 0 Å². The molecule has 0 saturated carbocycles. The molecular formula is C26H18N2O. The van der Waals surface area contributed by atoms with E-state index in [9.17, 15) is 5.11 Å². The second-order valence-electron chi connectivity index (χ2n) is 6.86. The van der Waals surface area contributed by atoms with Gasteiger partial charge in [-0.15, -0.1) is 0 Å². The number of para-hydroxylation sites is 1. The van der Waals surface area contributed by atoms with Crippen LogP contribution in [0.25, 0.3) is 44.7 Å². The van der Waals surface area contributed by atoms with Gasteiger partial charge in [-0.05, 0) is 47.2 Å². The van der Waals surface area contributed by atoms with E-state index in [0.717, 1.165) is 28.3 Å². The van der Waals surface area contributed by atoms with E-state index in [2.05, 4.69) is 30.3 Å². The van der Waals surface area contributed by atoms with Gasteiger partial charge in [-0.25, -0.2) is 9.97 Å². The van der Waals surface area contributed by atoms with Crippen molar-refractivity contribution in [3.63, 3.8) is 0 Å². The maximum Gasteiger partial charge on any atom is 0.124 e.